The lowest BCUT2D eigenvalue weighted by molar-refractivity contribution is 0.647. The Labute approximate surface area is 273 Å². The molecule has 5 heteroatoms. The first-order valence-electron chi connectivity index (χ1n) is 16.5. The van der Waals surface area contributed by atoms with E-state index in [9.17, 15) is 0 Å². The lowest BCUT2D eigenvalue weighted by Crippen LogP contribution is -2.66. The van der Waals surface area contributed by atoms with Crippen LogP contribution in [0.4, 0.5) is 0 Å². The second-order valence-electron chi connectivity index (χ2n) is 13.6. The topological polar surface area (TPSA) is 57.4 Å². The van der Waals surface area contributed by atoms with Gasteiger partial charge in [-0.2, -0.15) is 0 Å². The van der Waals surface area contributed by atoms with E-state index in [4.69, 9.17) is 9.97 Å². The second-order valence-corrected chi connectivity index (χ2v) is 17.5. The average molecular weight is 619 g/mol. The number of fused-ring (bicyclic) bond motifs is 8. The summed E-state index contributed by atoms with van der Waals surface area (Å²) in [4.78, 5) is 18.4. The molecule has 0 radical (unpaired) electrons. The maximum Gasteiger partial charge on any atom is 0.151 e. The van der Waals surface area contributed by atoms with E-state index in [1.54, 1.807) is 0 Å². The van der Waals surface area contributed by atoms with Gasteiger partial charge in [-0.3, -0.25) is 0 Å². The zero-order chi connectivity index (χ0) is 31.8. The van der Waals surface area contributed by atoms with Gasteiger partial charge in [-0.15, -0.1) is 0 Å². The molecule has 4 nitrogen and oxygen atoms in total. The molecule has 2 aliphatic heterocycles. The van der Waals surface area contributed by atoms with Gasteiger partial charge in [0.1, 0.15) is 0 Å². The van der Waals surface area contributed by atoms with E-state index in [-0.39, 0.29) is 0 Å². The maximum atomic E-state index is 5.50. The SMILES string of the molecule is CC(C)Cc1c2nc(c([Si](C)(c3ccccc3)c3ccccc3)c3nc(c(CC(C)C)c4ccc(cc5ccc1[nH]5)[nH]4)C=C3)C=C2. The Bertz CT molecular complexity index is 1970. The highest BCUT2D eigenvalue weighted by Gasteiger charge is 2.39. The molecule has 0 aliphatic carbocycles. The van der Waals surface area contributed by atoms with E-state index in [0.717, 1.165) is 57.7 Å². The highest BCUT2D eigenvalue weighted by atomic mass is 28.3. The van der Waals surface area contributed by atoms with Crippen LogP contribution in [0.5, 0.6) is 0 Å². The fourth-order valence-corrected chi connectivity index (χ4v) is 10.9. The Morgan fingerprint density at radius 1 is 0.543 bits per heavy atom. The Morgan fingerprint density at radius 3 is 1.37 bits per heavy atom. The lowest BCUT2D eigenvalue weighted by Gasteiger charge is -2.30. The van der Waals surface area contributed by atoms with Crippen LogP contribution in [0.1, 0.15) is 61.6 Å². The van der Waals surface area contributed by atoms with Gasteiger partial charge >= 0.3 is 0 Å². The number of aromatic nitrogens is 4. The van der Waals surface area contributed by atoms with Gasteiger partial charge in [0.25, 0.3) is 0 Å². The van der Waals surface area contributed by atoms with Crippen molar-refractivity contribution >= 4 is 70.0 Å². The molecule has 5 heterocycles. The number of aromatic amines is 2. The van der Waals surface area contributed by atoms with Gasteiger partial charge in [0.2, 0.25) is 0 Å². The van der Waals surface area contributed by atoms with E-state index in [1.807, 2.05) is 0 Å². The molecule has 0 saturated carbocycles. The molecule has 0 saturated heterocycles. The van der Waals surface area contributed by atoms with E-state index < -0.39 is 8.07 Å². The minimum absolute atomic E-state index is 0.480. The monoisotopic (exact) mass is 618 g/mol. The van der Waals surface area contributed by atoms with Gasteiger partial charge in [0.05, 0.1) is 22.8 Å². The third-order valence-corrected chi connectivity index (χ3v) is 13.7. The lowest BCUT2D eigenvalue weighted by atomic mass is 10.0. The minimum atomic E-state index is -2.60. The molecular weight excluding hydrogens is 577 g/mol. The number of nitrogens with zero attached hydrogens (tertiary/aromatic N) is 2. The van der Waals surface area contributed by atoms with Crippen molar-refractivity contribution in [3.05, 3.63) is 125 Å². The van der Waals surface area contributed by atoms with Gasteiger partial charge in [-0.1, -0.05) is 94.9 Å². The zero-order valence-corrected chi connectivity index (χ0v) is 28.4. The predicted molar refractivity (Wildman–Crippen MR) is 199 cm³/mol. The number of rotatable bonds is 7. The van der Waals surface area contributed by atoms with Crippen LogP contribution in [0, 0.1) is 11.8 Å². The van der Waals surface area contributed by atoms with Crippen molar-refractivity contribution in [3.63, 3.8) is 0 Å². The third kappa shape index (κ3) is 5.60. The number of benzene rings is 2. The number of H-pyrrole nitrogens is 2. The molecule has 230 valence electrons. The van der Waals surface area contributed by atoms with Crippen molar-refractivity contribution in [1.29, 1.82) is 0 Å². The fourth-order valence-electron chi connectivity index (χ4n) is 7.01. The number of hydrogen-bond acceptors (Lipinski definition) is 2. The summed E-state index contributed by atoms with van der Waals surface area (Å²) in [6, 6.07) is 33.0. The molecule has 0 spiro atoms. The molecule has 0 atom stereocenters. The fraction of sp³-hybridized carbons (Fsp3) is 0.220. The molecule has 0 fully saturated rings. The molecular formula is C41H42N4Si. The first kappa shape index (κ1) is 29.9. The van der Waals surface area contributed by atoms with Gasteiger partial charge in [-0.05, 0) is 89.7 Å². The molecule has 2 aromatic carbocycles. The summed E-state index contributed by atoms with van der Waals surface area (Å²) in [6.45, 7) is 11.6. The van der Waals surface area contributed by atoms with Crippen molar-refractivity contribution in [2.24, 2.45) is 11.8 Å². The summed E-state index contributed by atoms with van der Waals surface area (Å²) in [5.41, 5.74) is 11.0. The quantitative estimate of drug-likeness (QED) is 0.177. The highest BCUT2D eigenvalue weighted by molar-refractivity contribution is 7.11. The summed E-state index contributed by atoms with van der Waals surface area (Å²) in [7, 11) is -2.60. The molecule has 46 heavy (non-hydrogen) atoms. The summed E-state index contributed by atoms with van der Waals surface area (Å²) in [5, 5.41) is 3.93. The van der Waals surface area contributed by atoms with Gasteiger partial charge in [0, 0.05) is 38.4 Å². The van der Waals surface area contributed by atoms with Crippen LogP contribution in [0.2, 0.25) is 6.55 Å². The summed E-state index contributed by atoms with van der Waals surface area (Å²) in [6.07, 6.45) is 10.8. The Kier molecular flexibility index (Phi) is 7.95. The largest absolute Gasteiger partial charge is 0.355 e. The van der Waals surface area contributed by atoms with Gasteiger partial charge in [0.15, 0.2) is 8.07 Å². The van der Waals surface area contributed by atoms with Crippen LogP contribution in [0.25, 0.3) is 46.4 Å². The molecule has 0 amide bonds. The average Bonchev–Trinajstić information content (AvgIpc) is 3.88. The van der Waals surface area contributed by atoms with Gasteiger partial charge in [-0.25, -0.2) is 9.97 Å². The molecule has 2 N–H and O–H groups in total. The standard InChI is InChI=1S/C41H42N4Si/c1-27(2)24-33-35-18-16-29(42-35)26-30-17-19-36(43-30)34(25-28(3)4)38-21-23-40(45-38)41(39-22-20-37(33)44-39)46(5,31-12-8-6-9-13-31)32-14-10-7-11-15-32/h6-23,26-28,42-43H,24-25H2,1-5H3. The van der Waals surface area contributed by atoms with Crippen LogP contribution in [-0.2, 0) is 12.8 Å². The Hall–Kier alpha value is -4.74. The smallest absolute Gasteiger partial charge is 0.151 e. The van der Waals surface area contributed by atoms with E-state index in [0.29, 0.717) is 11.8 Å². The third-order valence-electron chi connectivity index (χ3n) is 9.22. The highest BCUT2D eigenvalue weighted by Crippen LogP contribution is 2.27. The Morgan fingerprint density at radius 2 is 0.957 bits per heavy atom. The second kappa shape index (κ2) is 12.2. The van der Waals surface area contributed by atoms with E-state index in [2.05, 4.69) is 160 Å². The number of hydrogen-bond donors (Lipinski definition) is 2. The summed E-state index contributed by atoms with van der Waals surface area (Å²) in [5.74, 6) is 0.960. The normalized spacial score (nSPS) is 12.8. The van der Waals surface area contributed by atoms with Crippen molar-refractivity contribution in [3.8, 4) is 0 Å². The van der Waals surface area contributed by atoms with Crippen molar-refractivity contribution in [1.82, 2.24) is 19.9 Å². The molecule has 2 aliphatic rings. The molecule has 5 aromatic rings. The summed E-state index contributed by atoms with van der Waals surface area (Å²) < 4.78 is 0. The minimum Gasteiger partial charge on any atom is -0.355 e. The van der Waals surface area contributed by atoms with Crippen molar-refractivity contribution in [2.75, 3.05) is 0 Å². The molecule has 0 unspecified atom stereocenters. The van der Waals surface area contributed by atoms with Crippen molar-refractivity contribution in [2.45, 2.75) is 47.1 Å². The maximum absolute atomic E-state index is 5.50. The van der Waals surface area contributed by atoms with Crippen molar-refractivity contribution < 1.29 is 0 Å². The summed E-state index contributed by atoms with van der Waals surface area (Å²) >= 11 is 0. The van der Waals surface area contributed by atoms with Crippen LogP contribution in [-0.4, -0.2) is 28.0 Å². The van der Waals surface area contributed by atoms with Gasteiger partial charge < -0.3 is 9.97 Å². The van der Waals surface area contributed by atoms with E-state index in [1.165, 1.54) is 26.7 Å². The molecule has 8 bridgehead atoms. The first-order chi connectivity index (χ1) is 22.3. The zero-order valence-electron chi connectivity index (χ0n) is 27.4. The number of nitrogens with one attached hydrogen (secondary N) is 2. The van der Waals surface area contributed by atoms with Crippen LogP contribution < -0.4 is 15.6 Å². The molecule has 3 aromatic heterocycles. The predicted octanol–water partition coefficient (Wildman–Crippen LogP) is 8.15. The van der Waals surface area contributed by atoms with Crippen LogP contribution >= 0.6 is 0 Å². The first-order valence-corrected chi connectivity index (χ1v) is 19.0. The van der Waals surface area contributed by atoms with Crippen LogP contribution in [0.3, 0.4) is 0 Å². The van der Waals surface area contributed by atoms with Crippen LogP contribution in [0.15, 0.2) is 91.0 Å². The van der Waals surface area contributed by atoms with E-state index >= 15 is 0 Å². The molecule has 7 rings (SSSR count). The Balaban J connectivity index is 1.67.